The molecule has 7 heteroatoms. The third-order valence-corrected chi connectivity index (χ3v) is 2.99. The average molecular weight is 314 g/mol. The third-order valence-electron chi connectivity index (χ3n) is 2.99. The summed E-state index contributed by atoms with van der Waals surface area (Å²) in [6.45, 7) is 0. The average Bonchev–Trinajstić information content (AvgIpc) is 2.45. The van der Waals surface area contributed by atoms with Crippen LogP contribution in [0.3, 0.4) is 0 Å². The van der Waals surface area contributed by atoms with Crippen LogP contribution in [0.4, 0.5) is 17.6 Å². The third kappa shape index (κ3) is 3.43. The summed E-state index contributed by atoms with van der Waals surface area (Å²) in [5, 5.41) is 18.2. The lowest BCUT2D eigenvalue weighted by Crippen LogP contribution is -2.13. The van der Waals surface area contributed by atoms with Gasteiger partial charge in [-0.2, -0.15) is 13.2 Å². The summed E-state index contributed by atoms with van der Waals surface area (Å²) in [5.74, 6) is -2.32. The summed E-state index contributed by atoms with van der Waals surface area (Å²) in [6, 6.07) is 7.27. The lowest BCUT2D eigenvalue weighted by atomic mass is 9.97. The normalized spacial score (nSPS) is 13.0. The number of carboxylic acids is 1. The van der Waals surface area contributed by atoms with Crippen LogP contribution >= 0.6 is 0 Å². The number of alkyl halides is 3. The topological polar surface area (TPSA) is 57.5 Å². The van der Waals surface area contributed by atoms with E-state index < -0.39 is 35.2 Å². The first-order valence-corrected chi connectivity index (χ1v) is 6.07. The molecule has 2 aromatic carbocycles. The Morgan fingerprint density at radius 3 is 2.27 bits per heavy atom. The van der Waals surface area contributed by atoms with Gasteiger partial charge in [-0.05, 0) is 47.0 Å². The maximum Gasteiger partial charge on any atom is 0.416 e. The number of hydrogen-bond acceptors (Lipinski definition) is 2. The van der Waals surface area contributed by atoms with Crippen molar-refractivity contribution in [2.24, 2.45) is 0 Å². The molecule has 0 aliphatic heterocycles. The number of rotatable bonds is 3. The van der Waals surface area contributed by atoms with Gasteiger partial charge in [-0.15, -0.1) is 0 Å². The molecule has 0 saturated heterocycles. The smallest absolute Gasteiger partial charge is 0.416 e. The van der Waals surface area contributed by atoms with Gasteiger partial charge in [0.15, 0.2) is 6.10 Å². The van der Waals surface area contributed by atoms with Crippen molar-refractivity contribution < 1.29 is 32.6 Å². The standard InChI is InChI=1S/C15H10F4O3/c16-12-3-1-2-8(7-12)9-4-10(13(20)14(21)22)6-11(5-9)15(17,18)19/h1-7,13,20H,(H,21,22). The maximum atomic E-state index is 13.2. The molecule has 0 saturated carbocycles. The highest BCUT2D eigenvalue weighted by atomic mass is 19.4. The molecule has 0 radical (unpaired) electrons. The maximum absolute atomic E-state index is 13.2. The summed E-state index contributed by atoms with van der Waals surface area (Å²) >= 11 is 0. The first kappa shape index (κ1) is 16.0. The van der Waals surface area contributed by atoms with Crippen molar-refractivity contribution in [1.82, 2.24) is 0 Å². The van der Waals surface area contributed by atoms with Crippen molar-refractivity contribution in [2.45, 2.75) is 12.3 Å². The number of aliphatic hydroxyl groups excluding tert-OH is 1. The minimum Gasteiger partial charge on any atom is -0.479 e. The monoisotopic (exact) mass is 314 g/mol. The Morgan fingerprint density at radius 1 is 1.05 bits per heavy atom. The molecule has 116 valence electrons. The molecular weight excluding hydrogens is 304 g/mol. The first-order valence-electron chi connectivity index (χ1n) is 6.07. The van der Waals surface area contributed by atoms with E-state index in [2.05, 4.69) is 0 Å². The molecule has 22 heavy (non-hydrogen) atoms. The second-order valence-electron chi connectivity index (χ2n) is 4.59. The SMILES string of the molecule is O=C(O)C(O)c1cc(-c2cccc(F)c2)cc(C(F)(F)F)c1. The number of hydrogen-bond donors (Lipinski definition) is 2. The second-order valence-corrected chi connectivity index (χ2v) is 4.59. The van der Waals surface area contributed by atoms with Gasteiger partial charge in [0.25, 0.3) is 0 Å². The minimum atomic E-state index is -4.73. The van der Waals surface area contributed by atoms with Crippen LogP contribution in [0.25, 0.3) is 11.1 Å². The zero-order valence-corrected chi connectivity index (χ0v) is 10.9. The minimum absolute atomic E-state index is 0.0374. The summed E-state index contributed by atoms with van der Waals surface area (Å²) in [4.78, 5) is 10.8. The fourth-order valence-electron chi connectivity index (χ4n) is 1.95. The van der Waals surface area contributed by atoms with E-state index in [0.717, 1.165) is 24.3 Å². The number of benzene rings is 2. The largest absolute Gasteiger partial charge is 0.479 e. The lowest BCUT2D eigenvalue weighted by molar-refractivity contribution is -0.147. The summed E-state index contributed by atoms with van der Waals surface area (Å²) < 4.78 is 51.9. The van der Waals surface area contributed by atoms with Gasteiger partial charge < -0.3 is 10.2 Å². The van der Waals surface area contributed by atoms with E-state index in [0.29, 0.717) is 6.07 Å². The van der Waals surface area contributed by atoms with Crippen LogP contribution in [0.5, 0.6) is 0 Å². The number of aliphatic carboxylic acids is 1. The van der Waals surface area contributed by atoms with Crippen LogP contribution < -0.4 is 0 Å². The Kier molecular flexibility index (Phi) is 4.18. The molecule has 1 atom stereocenters. The van der Waals surface area contributed by atoms with Crippen molar-refractivity contribution in [1.29, 1.82) is 0 Å². The van der Waals surface area contributed by atoms with E-state index >= 15 is 0 Å². The van der Waals surface area contributed by atoms with Crippen molar-refractivity contribution in [3.05, 3.63) is 59.4 Å². The van der Waals surface area contributed by atoms with Crippen LogP contribution in [-0.2, 0) is 11.0 Å². The fourth-order valence-corrected chi connectivity index (χ4v) is 1.95. The zero-order chi connectivity index (χ0) is 16.5. The van der Waals surface area contributed by atoms with Gasteiger partial charge in [0.2, 0.25) is 0 Å². The van der Waals surface area contributed by atoms with E-state index in [1.807, 2.05) is 0 Å². The Morgan fingerprint density at radius 2 is 1.73 bits per heavy atom. The van der Waals surface area contributed by atoms with Crippen LogP contribution in [0.1, 0.15) is 17.2 Å². The van der Waals surface area contributed by atoms with Crippen molar-refractivity contribution >= 4 is 5.97 Å². The van der Waals surface area contributed by atoms with E-state index in [1.165, 1.54) is 12.1 Å². The molecule has 2 N–H and O–H groups in total. The van der Waals surface area contributed by atoms with Crippen LogP contribution in [0.2, 0.25) is 0 Å². The van der Waals surface area contributed by atoms with Gasteiger partial charge in [0, 0.05) is 0 Å². The highest BCUT2D eigenvalue weighted by Gasteiger charge is 2.32. The Labute approximate surface area is 122 Å². The van der Waals surface area contributed by atoms with Crippen molar-refractivity contribution in [2.75, 3.05) is 0 Å². The van der Waals surface area contributed by atoms with E-state index in [9.17, 15) is 27.5 Å². The quantitative estimate of drug-likeness (QED) is 0.851. The number of halogens is 4. The van der Waals surface area contributed by atoms with E-state index in [1.54, 1.807) is 0 Å². The Bertz CT molecular complexity index is 710. The molecular formula is C15H10F4O3. The highest BCUT2D eigenvalue weighted by molar-refractivity contribution is 5.76. The first-order chi connectivity index (χ1) is 10.2. The molecule has 0 aromatic heterocycles. The van der Waals surface area contributed by atoms with E-state index in [4.69, 9.17) is 5.11 Å². The van der Waals surface area contributed by atoms with Crippen LogP contribution in [0.15, 0.2) is 42.5 Å². The fraction of sp³-hybridized carbons (Fsp3) is 0.133. The molecule has 0 spiro atoms. The number of aliphatic hydroxyl groups is 1. The summed E-state index contributed by atoms with van der Waals surface area (Å²) in [6.07, 6.45) is -6.83. The molecule has 0 fully saturated rings. The molecule has 0 aliphatic rings. The van der Waals surface area contributed by atoms with E-state index in [-0.39, 0.29) is 11.1 Å². The molecule has 0 heterocycles. The van der Waals surface area contributed by atoms with Gasteiger partial charge in [-0.1, -0.05) is 12.1 Å². The molecule has 1 unspecified atom stereocenters. The highest BCUT2D eigenvalue weighted by Crippen LogP contribution is 2.35. The van der Waals surface area contributed by atoms with Gasteiger partial charge in [-0.3, -0.25) is 0 Å². The number of carboxylic acid groups (broad SMARTS) is 1. The second kappa shape index (κ2) is 5.76. The lowest BCUT2D eigenvalue weighted by Gasteiger charge is -2.14. The summed E-state index contributed by atoms with van der Waals surface area (Å²) in [5.41, 5.74) is -1.44. The molecule has 2 aromatic rings. The van der Waals surface area contributed by atoms with Crippen LogP contribution in [0, 0.1) is 5.82 Å². The van der Waals surface area contributed by atoms with Gasteiger partial charge in [0.05, 0.1) is 5.56 Å². The van der Waals surface area contributed by atoms with Crippen LogP contribution in [-0.4, -0.2) is 16.2 Å². The Balaban J connectivity index is 2.63. The van der Waals surface area contributed by atoms with Gasteiger partial charge >= 0.3 is 12.1 Å². The van der Waals surface area contributed by atoms with Crippen molar-refractivity contribution in [3.63, 3.8) is 0 Å². The zero-order valence-electron chi connectivity index (χ0n) is 10.9. The number of carbonyl (C=O) groups is 1. The van der Waals surface area contributed by atoms with Crippen molar-refractivity contribution in [3.8, 4) is 11.1 Å². The Hall–Kier alpha value is -2.41. The predicted molar refractivity (Wildman–Crippen MR) is 69.4 cm³/mol. The molecule has 2 rings (SSSR count). The molecule has 0 bridgehead atoms. The molecule has 0 aliphatic carbocycles. The molecule has 0 amide bonds. The molecule has 3 nitrogen and oxygen atoms in total. The summed E-state index contributed by atoms with van der Waals surface area (Å²) in [7, 11) is 0. The van der Waals surface area contributed by atoms with Gasteiger partial charge in [-0.25, -0.2) is 9.18 Å². The van der Waals surface area contributed by atoms with Gasteiger partial charge in [0.1, 0.15) is 5.82 Å². The predicted octanol–water partition coefficient (Wildman–Crippen LogP) is 3.63.